The van der Waals surface area contributed by atoms with Gasteiger partial charge in [0.05, 0.1) is 6.61 Å². The van der Waals surface area contributed by atoms with E-state index in [2.05, 4.69) is 12.7 Å². The fourth-order valence-electron chi connectivity index (χ4n) is 1.37. The van der Waals surface area contributed by atoms with Crippen LogP contribution in [0.5, 0.6) is 0 Å². The molecular formula is C12H26NO2+. The summed E-state index contributed by atoms with van der Waals surface area (Å²) < 4.78 is 0. The molecule has 0 fully saturated rings. The van der Waals surface area contributed by atoms with E-state index in [1.807, 2.05) is 6.08 Å². The molecule has 0 aliphatic carbocycles. The van der Waals surface area contributed by atoms with Crippen molar-refractivity contribution in [3.63, 3.8) is 0 Å². The highest BCUT2D eigenvalue weighted by Gasteiger charge is 2.12. The van der Waals surface area contributed by atoms with Crippen LogP contribution in [0.2, 0.25) is 0 Å². The van der Waals surface area contributed by atoms with Gasteiger partial charge in [0.2, 0.25) is 0 Å². The van der Waals surface area contributed by atoms with Gasteiger partial charge in [0.1, 0.15) is 12.1 Å². The van der Waals surface area contributed by atoms with E-state index in [1.165, 1.54) is 32.1 Å². The SMILES string of the molecule is CCCCCCC/C=C/[C@@H](O)[C@@H]([NH3+])CO. The van der Waals surface area contributed by atoms with E-state index in [0.29, 0.717) is 0 Å². The normalized spacial score (nSPS) is 15.7. The number of hydrogen-bond donors (Lipinski definition) is 3. The van der Waals surface area contributed by atoms with Crippen molar-refractivity contribution in [1.82, 2.24) is 0 Å². The van der Waals surface area contributed by atoms with Crippen LogP contribution in [-0.4, -0.2) is 29.0 Å². The lowest BCUT2D eigenvalue weighted by Gasteiger charge is -2.08. The molecule has 0 spiro atoms. The van der Waals surface area contributed by atoms with Crippen molar-refractivity contribution in [2.24, 2.45) is 0 Å². The molecule has 0 heterocycles. The molecule has 0 aliphatic heterocycles. The Morgan fingerprint density at radius 3 is 2.47 bits per heavy atom. The quantitative estimate of drug-likeness (QED) is 0.395. The van der Waals surface area contributed by atoms with Gasteiger partial charge in [-0.05, 0) is 12.8 Å². The minimum Gasteiger partial charge on any atom is -0.390 e. The number of aliphatic hydroxyl groups is 2. The Labute approximate surface area is 93.0 Å². The zero-order valence-corrected chi connectivity index (χ0v) is 9.86. The molecule has 0 aromatic heterocycles. The van der Waals surface area contributed by atoms with Crippen molar-refractivity contribution < 1.29 is 15.9 Å². The molecule has 0 saturated carbocycles. The number of rotatable bonds is 9. The molecule has 0 aromatic carbocycles. The fraction of sp³-hybridized carbons (Fsp3) is 0.833. The maximum atomic E-state index is 9.45. The van der Waals surface area contributed by atoms with Gasteiger partial charge >= 0.3 is 0 Å². The predicted octanol–water partition coefficient (Wildman–Crippen LogP) is 0.867. The molecule has 5 N–H and O–H groups in total. The molecule has 3 heteroatoms. The average molecular weight is 216 g/mol. The first-order valence-electron chi connectivity index (χ1n) is 6.01. The first-order valence-corrected chi connectivity index (χ1v) is 6.01. The number of aliphatic hydroxyl groups excluding tert-OH is 2. The number of quaternary nitrogens is 1. The summed E-state index contributed by atoms with van der Waals surface area (Å²) in [6.07, 6.45) is 10.5. The van der Waals surface area contributed by atoms with E-state index in [0.717, 1.165) is 6.42 Å². The zero-order chi connectivity index (χ0) is 11.5. The Morgan fingerprint density at radius 1 is 1.20 bits per heavy atom. The van der Waals surface area contributed by atoms with Gasteiger partial charge in [-0.3, -0.25) is 0 Å². The monoisotopic (exact) mass is 216 g/mol. The summed E-state index contributed by atoms with van der Waals surface area (Å²) in [5.41, 5.74) is 3.64. The minimum absolute atomic E-state index is 0.0675. The first-order chi connectivity index (χ1) is 7.22. The van der Waals surface area contributed by atoms with E-state index in [-0.39, 0.29) is 12.6 Å². The van der Waals surface area contributed by atoms with Gasteiger partial charge < -0.3 is 15.9 Å². The summed E-state index contributed by atoms with van der Waals surface area (Å²) >= 11 is 0. The van der Waals surface area contributed by atoms with Crippen molar-refractivity contribution in [2.75, 3.05) is 6.61 Å². The molecule has 0 unspecified atom stereocenters. The van der Waals surface area contributed by atoms with Gasteiger partial charge in [-0.2, -0.15) is 0 Å². The van der Waals surface area contributed by atoms with Crippen LogP contribution < -0.4 is 5.73 Å². The Kier molecular flexibility index (Phi) is 9.89. The molecular weight excluding hydrogens is 190 g/mol. The van der Waals surface area contributed by atoms with Crippen LogP contribution in [0.15, 0.2) is 12.2 Å². The summed E-state index contributed by atoms with van der Waals surface area (Å²) in [7, 11) is 0. The van der Waals surface area contributed by atoms with E-state index in [9.17, 15) is 5.11 Å². The van der Waals surface area contributed by atoms with E-state index < -0.39 is 6.10 Å². The Morgan fingerprint density at radius 2 is 1.87 bits per heavy atom. The third-order valence-electron chi connectivity index (χ3n) is 2.53. The van der Waals surface area contributed by atoms with E-state index in [1.54, 1.807) is 6.08 Å². The lowest BCUT2D eigenvalue weighted by Crippen LogP contribution is -2.67. The Balaban J connectivity index is 3.37. The molecule has 3 nitrogen and oxygen atoms in total. The van der Waals surface area contributed by atoms with Crippen LogP contribution in [0.25, 0.3) is 0 Å². The molecule has 0 saturated heterocycles. The largest absolute Gasteiger partial charge is 0.390 e. The second-order valence-electron chi connectivity index (χ2n) is 4.06. The standard InChI is InChI=1S/C12H25NO2/c1-2-3-4-5-6-7-8-9-12(15)11(13)10-14/h8-9,11-12,14-15H,2-7,10,13H2,1H3/p+1/b9-8+/t11-,12+/m0/s1. The van der Waals surface area contributed by atoms with Crippen LogP contribution in [0, 0.1) is 0 Å². The molecule has 0 aliphatic rings. The van der Waals surface area contributed by atoms with Crippen LogP contribution in [0.4, 0.5) is 0 Å². The van der Waals surface area contributed by atoms with Gasteiger partial charge in [-0.15, -0.1) is 0 Å². The third kappa shape index (κ3) is 8.60. The second kappa shape index (κ2) is 10.1. The van der Waals surface area contributed by atoms with Crippen molar-refractivity contribution in [2.45, 2.75) is 57.6 Å². The lowest BCUT2D eigenvalue weighted by molar-refractivity contribution is -0.438. The summed E-state index contributed by atoms with van der Waals surface area (Å²) in [6.45, 7) is 2.14. The highest BCUT2D eigenvalue weighted by molar-refractivity contribution is 4.91. The molecule has 0 bridgehead atoms. The number of allylic oxidation sites excluding steroid dienone is 1. The zero-order valence-electron chi connectivity index (χ0n) is 9.86. The van der Waals surface area contributed by atoms with E-state index >= 15 is 0 Å². The van der Waals surface area contributed by atoms with Crippen molar-refractivity contribution in [3.05, 3.63) is 12.2 Å². The van der Waals surface area contributed by atoms with Crippen molar-refractivity contribution in [3.8, 4) is 0 Å². The maximum absolute atomic E-state index is 9.45. The molecule has 15 heavy (non-hydrogen) atoms. The highest BCUT2D eigenvalue weighted by atomic mass is 16.3. The van der Waals surface area contributed by atoms with Gasteiger partial charge in [-0.1, -0.05) is 44.8 Å². The van der Waals surface area contributed by atoms with Crippen LogP contribution in [0.1, 0.15) is 45.4 Å². The maximum Gasteiger partial charge on any atom is 0.138 e. The molecule has 2 atom stereocenters. The fourth-order valence-corrected chi connectivity index (χ4v) is 1.37. The van der Waals surface area contributed by atoms with Crippen LogP contribution in [0.3, 0.4) is 0 Å². The third-order valence-corrected chi connectivity index (χ3v) is 2.53. The first kappa shape index (κ1) is 14.6. The van der Waals surface area contributed by atoms with Gasteiger partial charge in [-0.25, -0.2) is 0 Å². The lowest BCUT2D eigenvalue weighted by atomic mass is 10.1. The summed E-state index contributed by atoms with van der Waals surface area (Å²) in [5.74, 6) is 0. The topological polar surface area (TPSA) is 68.1 Å². The predicted molar refractivity (Wildman–Crippen MR) is 62.3 cm³/mol. The molecule has 0 radical (unpaired) electrons. The molecule has 0 aromatic rings. The Hall–Kier alpha value is -0.380. The molecule has 0 amide bonds. The van der Waals surface area contributed by atoms with Crippen LogP contribution in [-0.2, 0) is 0 Å². The summed E-state index contributed by atoms with van der Waals surface area (Å²) in [5, 5.41) is 18.2. The number of unbranched alkanes of at least 4 members (excludes halogenated alkanes) is 5. The number of hydrogen-bond acceptors (Lipinski definition) is 2. The average Bonchev–Trinajstić information content (AvgIpc) is 2.26. The highest BCUT2D eigenvalue weighted by Crippen LogP contribution is 2.05. The van der Waals surface area contributed by atoms with Gasteiger partial charge in [0.15, 0.2) is 0 Å². The second-order valence-corrected chi connectivity index (χ2v) is 4.06. The summed E-state index contributed by atoms with van der Waals surface area (Å²) in [6, 6.07) is -0.304. The van der Waals surface area contributed by atoms with E-state index in [4.69, 9.17) is 5.11 Å². The Bertz CT molecular complexity index is 160. The van der Waals surface area contributed by atoms with Crippen LogP contribution >= 0.6 is 0 Å². The van der Waals surface area contributed by atoms with Gasteiger partial charge in [0, 0.05) is 0 Å². The van der Waals surface area contributed by atoms with Crippen molar-refractivity contribution >= 4 is 0 Å². The molecule has 90 valence electrons. The smallest absolute Gasteiger partial charge is 0.138 e. The van der Waals surface area contributed by atoms with Crippen molar-refractivity contribution in [1.29, 1.82) is 0 Å². The minimum atomic E-state index is -0.606. The summed E-state index contributed by atoms with van der Waals surface area (Å²) in [4.78, 5) is 0. The molecule has 0 rings (SSSR count). The van der Waals surface area contributed by atoms with Gasteiger partial charge in [0.25, 0.3) is 0 Å².